The number of esters is 1. The van der Waals surface area contributed by atoms with Gasteiger partial charge >= 0.3 is 5.97 Å². The first-order chi connectivity index (χ1) is 22.9. The van der Waals surface area contributed by atoms with Crippen molar-refractivity contribution in [2.75, 3.05) is 46.6 Å². The molecule has 4 rings (SSSR count). The van der Waals surface area contributed by atoms with Gasteiger partial charge < -0.3 is 74.4 Å². The van der Waals surface area contributed by atoms with Crippen molar-refractivity contribution in [2.45, 2.75) is 86.9 Å². The van der Waals surface area contributed by atoms with Gasteiger partial charge in [-0.1, -0.05) is 24.6 Å². The molecule has 1 aliphatic carbocycles. The molecule has 3 fully saturated rings. The number of nitrogens with one attached hydrogen (secondary N) is 1. The molecule has 2 saturated heterocycles. The topological polar surface area (TPSA) is 246 Å². The molecule has 16 heteroatoms. The van der Waals surface area contributed by atoms with E-state index in [1.165, 1.54) is 12.2 Å². The number of piperidine rings is 1. The van der Waals surface area contributed by atoms with E-state index >= 15 is 0 Å². The third kappa shape index (κ3) is 8.62. The van der Waals surface area contributed by atoms with Gasteiger partial charge in [0.2, 0.25) is 12.1 Å². The summed E-state index contributed by atoms with van der Waals surface area (Å²) in [6, 6.07) is 0. The highest BCUT2D eigenvalue weighted by Gasteiger charge is 2.58. The van der Waals surface area contributed by atoms with Gasteiger partial charge in [-0.2, -0.15) is 0 Å². The van der Waals surface area contributed by atoms with Gasteiger partial charge in [-0.3, -0.25) is 0 Å². The van der Waals surface area contributed by atoms with E-state index in [4.69, 9.17) is 23.7 Å². The van der Waals surface area contributed by atoms with Crippen molar-refractivity contribution < 1.29 is 79.2 Å². The fraction of sp³-hybridized carbons (Fsp3) is 0.750. The summed E-state index contributed by atoms with van der Waals surface area (Å²) in [5.74, 6) is -7.44. The van der Waals surface area contributed by atoms with Crippen molar-refractivity contribution >= 4 is 11.9 Å². The van der Waals surface area contributed by atoms with Crippen LogP contribution < -0.4 is 15.3 Å². The number of aliphatic hydroxyl groups is 6. The van der Waals surface area contributed by atoms with Crippen LogP contribution >= 0.6 is 0 Å². The van der Waals surface area contributed by atoms with Crippen LogP contribution in [0, 0.1) is 17.8 Å². The largest absolute Gasteiger partial charge is 0.550 e. The fourth-order valence-electron chi connectivity index (χ4n) is 6.96. The molecule has 3 unspecified atom stereocenters. The lowest BCUT2D eigenvalue weighted by Gasteiger charge is -2.48. The van der Waals surface area contributed by atoms with Crippen LogP contribution in [-0.4, -0.2) is 138 Å². The van der Waals surface area contributed by atoms with Crippen molar-refractivity contribution in [3.05, 3.63) is 36.6 Å². The lowest BCUT2D eigenvalue weighted by molar-refractivity contribution is -0.911. The Hall–Kier alpha value is -2.48. The van der Waals surface area contributed by atoms with Crippen LogP contribution in [0.5, 0.6) is 0 Å². The average molecular weight is 688 g/mol. The highest BCUT2D eigenvalue weighted by atomic mass is 16.8. The van der Waals surface area contributed by atoms with Crippen LogP contribution in [0.4, 0.5) is 0 Å². The number of hydrogen-bond acceptors (Lipinski definition) is 14. The lowest BCUT2D eigenvalue weighted by Crippen LogP contribution is -3.15. The van der Waals surface area contributed by atoms with Crippen LogP contribution in [0.15, 0.2) is 36.6 Å². The molecule has 9 N–H and O–H groups in total. The minimum Gasteiger partial charge on any atom is -0.550 e. The first-order valence-corrected chi connectivity index (χ1v) is 16.6. The summed E-state index contributed by atoms with van der Waals surface area (Å²) in [6.45, 7) is 3.82. The van der Waals surface area contributed by atoms with Crippen LogP contribution in [0.3, 0.4) is 0 Å². The molecule has 272 valence electrons. The third-order valence-electron chi connectivity index (χ3n) is 9.60. The molecular formula is C32H51N2O14+. The average Bonchev–Trinajstić information content (AvgIpc) is 3.06. The van der Waals surface area contributed by atoms with E-state index in [1.54, 1.807) is 18.4 Å². The van der Waals surface area contributed by atoms with Gasteiger partial charge in [-0.15, -0.1) is 6.58 Å². The number of aliphatic hydroxyl groups excluding tert-OH is 3. The molecule has 3 heterocycles. The number of nitrogens with two attached hydrogens (primary N) is 1. The Morgan fingerprint density at radius 3 is 2.52 bits per heavy atom. The molecule has 0 amide bonds. The molecule has 1 saturated carbocycles. The van der Waals surface area contributed by atoms with E-state index in [2.05, 4.69) is 6.58 Å². The molecule has 4 aliphatic rings. The smallest absolute Gasteiger partial charge is 0.340 e. The first kappa shape index (κ1) is 38.3. The van der Waals surface area contributed by atoms with Gasteiger partial charge in [0, 0.05) is 11.8 Å². The zero-order valence-electron chi connectivity index (χ0n) is 27.2. The minimum absolute atomic E-state index is 0.100. The number of quaternary nitrogens is 2. The van der Waals surface area contributed by atoms with Gasteiger partial charge in [0.15, 0.2) is 19.1 Å². The molecule has 0 radical (unpaired) electrons. The molecule has 0 aromatic carbocycles. The minimum atomic E-state index is -2.93. The van der Waals surface area contributed by atoms with Crippen molar-refractivity contribution in [2.24, 2.45) is 17.8 Å². The van der Waals surface area contributed by atoms with E-state index in [0.29, 0.717) is 25.9 Å². The summed E-state index contributed by atoms with van der Waals surface area (Å²) >= 11 is 0. The van der Waals surface area contributed by atoms with Crippen molar-refractivity contribution in [3.8, 4) is 0 Å². The Labute approximate surface area is 279 Å². The second-order valence-corrected chi connectivity index (χ2v) is 13.0. The van der Waals surface area contributed by atoms with Crippen LogP contribution in [0.25, 0.3) is 0 Å². The van der Waals surface area contributed by atoms with E-state index in [9.17, 15) is 45.3 Å². The Morgan fingerprint density at radius 1 is 1.17 bits per heavy atom. The van der Waals surface area contributed by atoms with Gasteiger partial charge in [-0.05, 0) is 32.1 Å². The summed E-state index contributed by atoms with van der Waals surface area (Å²) in [5.41, 5.74) is -2.45. The van der Waals surface area contributed by atoms with Crippen LogP contribution in [-0.2, 0) is 33.3 Å². The number of likely N-dealkylation sites (tertiary alicyclic amines) is 1. The maximum Gasteiger partial charge on any atom is 0.340 e. The van der Waals surface area contributed by atoms with Gasteiger partial charge in [0.25, 0.3) is 0 Å². The maximum atomic E-state index is 13.6. The van der Waals surface area contributed by atoms with Gasteiger partial charge in [0.05, 0.1) is 45.2 Å². The summed E-state index contributed by atoms with van der Waals surface area (Å²) in [4.78, 5) is 26.3. The third-order valence-corrected chi connectivity index (χ3v) is 9.60. The SMILES string of the molecule is C=C[C@H]1[C@@H](O[C@@H]2O[C@H](CO)[C@@H](O)C(O)(O)[C@@H]2OC[NH2+]C)OC=C(C(=O)OC2CCCCC2)[C@@]1(O)C=CC1CC(C(=O)[O-])C[NH+](CCO)C1. The highest BCUT2D eigenvalue weighted by Crippen LogP contribution is 2.41. The first-order valence-electron chi connectivity index (χ1n) is 16.6. The number of rotatable bonds is 14. The summed E-state index contributed by atoms with van der Waals surface area (Å²) in [5, 5.41) is 77.1. The Bertz CT molecular complexity index is 1160. The number of hydrogen-bond donors (Lipinski definition) is 8. The second-order valence-electron chi connectivity index (χ2n) is 13.0. The Morgan fingerprint density at radius 2 is 1.90 bits per heavy atom. The molecule has 0 bridgehead atoms. The number of carboxylic acid groups (broad SMARTS) is 1. The fourth-order valence-corrected chi connectivity index (χ4v) is 6.96. The Kier molecular flexibility index (Phi) is 13.5. The maximum absolute atomic E-state index is 13.6. The second kappa shape index (κ2) is 17.0. The Balaban J connectivity index is 1.67. The van der Waals surface area contributed by atoms with Crippen molar-refractivity contribution in [3.63, 3.8) is 0 Å². The van der Waals surface area contributed by atoms with Crippen LogP contribution in [0.2, 0.25) is 0 Å². The van der Waals surface area contributed by atoms with Crippen LogP contribution in [0.1, 0.15) is 38.5 Å². The summed E-state index contributed by atoms with van der Waals surface area (Å²) < 4.78 is 28.8. The van der Waals surface area contributed by atoms with E-state index in [0.717, 1.165) is 30.4 Å². The van der Waals surface area contributed by atoms with Crippen molar-refractivity contribution in [1.82, 2.24) is 0 Å². The molecule has 0 aromatic heterocycles. The number of carbonyl (C=O) groups is 2. The highest BCUT2D eigenvalue weighted by molar-refractivity contribution is 5.91. The quantitative estimate of drug-likeness (QED) is 0.0484. The molecule has 0 aromatic rings. The monoisotopic (exact) mass is 687 g/mol. The molecule has 16 nitrogen and oxygen atoms in total. The van der Waals surface area contributed by atoms with E-state index < -0.39 is 78.6 Å². The van der Waals surface area contributed by atoms with Gasteiger partial charge in [0.1, 0.15) is 42.3 Å². The van der Waals surface area contributed by atoms with Gasteiger partial charge in [-0.25, -0.2) is 4.79 Å². The number of ether oxygens (including phenoxy) is 5. The van der Waals surface area contributed by atoms with E-state index in [1.807, 2.05) is 0 Å². The standard InChI is InChI=1S/C32H50N2O14/c1-3-22-29(48-30-26(45-18-33-2)32(42,43)25(37)24(16-36)47-30)44-17-23(28(40)46-21-7-5-4-6-8-21)31(22,41)10-9-19-13-20(27(38)39)15-34(14-19)11-12-35/h3,9-10,17,19-22,24-26,29-30,33,35-37,41-43H,1,4-8,11-16,18H2,2H3,(H,38,39)/p+1/t19?,20?,22-,24+,25+,26+,29+,30-,31+/m0/s1. The number of aliphatic carboxylic acids is 1. The van der Waals surface area contributed by atoms with Crippen molar-refractivity contribution in [1.29, 1.82) is 0 Å². The summed E-state index contributed by atoms with van der Waals surface area (Å²) in [6.07, 6.45) is 0.880. The van der Waals surface area contributed by atoms with E-state index in [-0.39, 0.29) is 38.0 Å². The predicted molar refractivity (Wildman–Crippen MR) is 161 cm³/mol. The normalized spacial score (nSPS) is 37.4. The zero-order valence-corrected chi connectivity index (χ0v) is 27.2. The molecule has 3 aliphatic heterocycles. The molecule has 10 atom stereocenters. The molecular weight excluding hydrogens is 636 g/mol. The summed E-state index contributed by atoms with van der Waals surface area (Å²) in [7, 11) is 1.65. The zero-order chi connectivity index (χ0) is 35.1. The molecule has 0 spiro atoms. The lowest BCUT2D eigenvalue weighted by atomic mass is 9.77. The number of carbonyl (C=O) groups excluding carboxylic acids is 2. The predicted octanol–water partition coefficient (Wildman–Crippen LogP) is -5.23. The molecule has 48 heavy (non-hydrogen) atoms. The number of carboxylic acids is 1.